The van der Waals surface area contributed by atoms with Crippen molar-refractivity contribution in [3.05, 3.63) is 66.1 Å². The number of nitrogens with zero attached hydrogens (tertiary/aromatic N) is 1. The Kier molecular flexibility index (Phi) is 4.93. The van der Waals surface area contributed by atoms with Gasteiger partial charge in [0.2, 0.25) is 5.91 Å². The Morgan fingerprint density at radius 1 is 1.26 bits per heavy atom. The van der Waals surface area contributed by atoms with Crippen LogP contribution in [-0.4, -0.2) is 30.4 Å². The number of rotatable bonds is 5. The number of furan rings is 1. The summed E-state index contributed by atoms with van der Waals surface area (Å²) in [7, 11) is 0. The van der Waals surface area contributed by atoms with Crippen LogP contribution in [0.15, 0.2) is 59.2 Å². The van der Waals surface area contributed by atoms with Crippen LogP contribution in [0.5, 0.6) is 0 Å². The van der Waals surface area contributed by atoms with Gasteiger partial charge in [0.1, 0.15) is 5.76 Å². The number of carbonyl (C=O) groups excluding carboxylic acids is 1. The summed E-state index contributed by atoms with van der Waals surface area (Å²) in [4.78, 5) is 14.3. The van der Waals surface area contributed by atoms with Crippen molar-refractivity contribution >= 4 is 11.5 Å². The van der Waals surface area contributed by atoms with E-state index in [2.05, 4.69) is 40.6 Å². The third-order valence-corrected chi connectivity index (χ3v) is 4.15. The van der Waals surface area contributed by atoms with Gasteiger partial charge in [-0.25, -0.2) is 0 Å². The Morgan fingerprint density at radius 2 is 2.09 bits per heavy atom. The molecule has 1 aliphatic rings. The fourth-order valence-electron chi connectivity index (χ4n) is 2.87. The van der Waals surface area contributed by atoms with Crippen molar-refractivity contribution in [1.29, 1.82) is 0 Å². The molecule has 3 rings (SSSR count). The molecule has 0 saturated carbocycles. The van der Waals surface area contributed by atoms with Crippen molar-refractivity contribution in [3.8, 4) is 0 Å². The Bertz CT molecular complexity index is 662. The molecule has 1 aromatic heterocycles. The molecule has 23 heavy (non-hydrogen) atoms. The molecule has 4 heteroatoms. The minimum Gasteiger partial charge on any atom is -0.467 e. The molecule has 1 aliphatic heterocycles. The number of amides is 1. The third kappa shape index (κ3) is 4.11. The van der Waals surface area contributed by atoms with Gasteiger partial charge < -0.3 is 9.73 Å². The summed E-state index contributed by atoms with van der Waals surface area (Å²) in [6, 6.07) is 14.0. The summed E-state index contributed by atoms with van der Waals surface area (Å²) in [6.45, 7) is 4.07. The van der Waals surface area contributed by atoms with E-state index >= 15 is 0 Å². The molecule has 1 N–H and O–H groups in total. The monoisotopic (exact) mass is 310 g/mol. The lowest BCUT2D eigenvalue weighted by atomic mass is 10.00. The van der Waals surface area contributed by atoms with Crippen LogP contribution in [0.4, 0.5) is 0 Å². The first-order valence-electron chi connectivity index (χ1n) is 8.02. The number of benzene rings is 1. The summed E-state index contributed by atoms with van der Waals surface area (Å²) in [5, 5.41) is 2.98. The van der Waals surface area contributed by atoms with Gasteiger partial charge >= 0.3 is 0 Å². The van der Waals surface area contributed by atoms with Gasteiger partial charge in [0.15, 0.2) is 0 Å². The lowest BCUT2D eigenvalue weighted by molar-refractivity contribution is -0.122. The van der Waals surface area contributed by atoms with Crippen LogP contribution in [0.3, 0.4) is 0 Å². The van der Waals surface area contributed by atoms with Crippen molar-refractivity contribution in [1.82, 2.24) is 10.2 Å². The molecular formula is C19H22N2O2. The van der Waals surface area contributed by atoms with Gasteiger partial charge in [0.05, 0.1) is 18.8 Å². The first-order valence-corrected chi connectivity index (χ1v) is 8.02. The number of nitrogens with one attached hydrogen (secondary N) is 1. The summed E-state index contributed by atoms with van der Waals surface area (Å²) < 4.78 is 5.31. The van der Waals surface area contributed by atoms with Gasteiger partial charge in [-0.15, -0.1) is 0 Å². The highest BCUT2D eigenvalue weighted by Crippen LogP contribution is 2.21. The summed E-state index contributed by atoms with van der Waals surface area (Å²) in [5.74, 6) is 0.814. The summed E-state index contributed by atoms with van der Waals surface area (Å²) >= 11 is 0. The summed E-state index contributed by atoms with van der Waals surface area (Å²) in [5.41, 5.74) is 2.65. The van der Waals surface area contributed by atoms with E-state index in [-0.39, 0.29) is 11.9 Å². The molecule has 2 aromatic rings. The maximum Gasteiger partial charge on any atom is 0.234 e. The number of hydrogen-bond donors (Lipinski definition) is 1. The molecule has 4 nitrogen and oxygen atoms in total. The highest BCUT2D eigenvalue weighted by atomic mass is 16.3. The second-order valence-corrected chi connectivity index (χ2v) is 5.89. The van der Waals surface area contributed by atoms with Gasteiger partial charge in [0, 0.05) is 13.1 Å². The average Bonchev–Trinajstić information content (AvgIpc) is 3.11. The van der Waals surface area contributed by atoms with E-state index in [4.69, 9.17) is 4.42 Å². The lowest BCUT2D eigenvalue weighted by Gasteiger charge is -2.26. The summed E-state index contributed by atoms with van der Waals surface area (Å²) in [6.07, 6.45) is 4.83. The average molecular weight is 310 g/mol. The zero-order chi connectivity index (χ0) is 16.1. The molecule has 0 unspecified atom stereocenters. The van der Waals surface area contributed by atoms with Crippen LogP contribution in [-0.2, 0) is 4.79 Å². The molecule has 0 saturated heterocycles. The zero-order valence-electron chi connectivity index (χ0n) is 13.4. The van der Waals surface area contributed by atoms with E-state index in [9.17, 15) is 4.79 Å². The molecule has 0 fully saturated rings. The van der Waals surface area contributed by atoms with Crippen LogP contribution in [0, 0.1) is 0 Å². The molecule has 2 heterocycles. The minimum atomic E-state index is -0.0993. The topological polar surface area (TPSA) is 45.5 Å². The van der Waals surface area contributed by atoms with Crippen molar-refractivity contribution in [2.45, 2.75) is 19.4 Å². The lowest BCUT2D eigenvalue weighted by Crippen LogP contribution is -2.40. The molecule has 1 aromatic carbocycles. The number of carbonyl (C=O) groups is 1. The van der Waals surface area contributed by atoms with E-state index in [1.54, 1.807) is 6.26 Å². The molecule has 0 radical (unpaired) electrons. The van der Waals surface area contributed by atoms with Crippen LogP contribution in [0.2, 0.25) is 0 Å². The second kappa shape index (κ2) is 7.29. The van der Waals surface area contributed by atoms with Crippen molar-refractivity contribution < 1.29 is 9.21 Å². The van der Waals surface area contributed by atoms with E-state index in [1.807, 2.05) is 25.1 Å². The fraction of sp³-hybridized carbons (Fsp3) is 0.316. The normalized spacial score (nSPS) is 16.7. The van der Waals surface area contributed by atoms with Crippen molar-refractivity contribution in [2.75, 3.05) is 19.6 Å². The molecule has 1 amide bonds. The van der Waals surface area contributed by atoms with Crippen molar-refractivity contribution in [2.24, 2.45) is 0 Å². The molecule has 120 valence electrons. The Hall–Kier alpha value is -2.33. The van der Waals surface area contributed by atoms with Crippen LogP contribution in [0.1, 0.15) is 30.7 Å². The standard InChI is InChI=1S/C19H22N2O2/c1-15(18-8-5-13-23-18)20-19(22)14-21-11-9-17(10-12-21)16-6-3-2-4-7-16/h2-9,13,15H,10-12,14H2,1H3,(H,20,22)/t15-/m0/s1. The zero-order valence-corrected chi connectivity index (χ0v) is 13.4. The molecule has 0 aliphatic carbocycles. The Labute approximate surface area is 136 Å². The fourth-order valence-corrected chi connectivity index (χ4v) is 2.87. The third-order valence-electron chi connectivity index (χ3n) is 4.15. The van der Waals surface area contributed by atoms with E-state index in [0.29, 0.717) is 6.54 Å². The van der Waals surface area contributed by atoms with Gasteiger partial charge in [-0.05, 0) is 36.6 Å². The second-order valence-electron chi connectivity index (χ2n) is 5.89. The highest BCUT2D eigenvalue weighted by Gasteiger charge is 2.17. The first kappa shape index (κ1) is 15.6. The van der Waals surface area contributed by atoms with Crippen LogP contribution >= 0.6 is 0 Å². The SMILES string of the molecule is C[C@H](NC(=O)CN1CC=C(c2ccccc2)CC1)c1ccco1. The number of hydrogen-bond acceptors (Lipinski definition) is 3. The molecule has 0 spiro atoms. The van der Waals surface area contributed by atoms with E-state index in [1.165, 1.54) is 11.1 Å². The predicted octanol–water partition coefficient (Wildman–Crippen LogP) is 3.25. The maximum absolute atomic E-state index is 12.2. The molecule has 1 atom stereocenters. The maximum atomic E-state index is 12.2. The molecular weight excluding hydrogens is 288 g/mol. The van der Waals surface area contributed by atoms with Gasteiger partial charge in [-0.3, -0.25) is 9.69 Å². The largest absolute Gasteiger partial charge is 0.467 e. The van der Waals surface area contributed by atoms with E-state index < -0.39 is 0 Å². The first-order chi connectivity index (χ1) is 11.2. The van der Waals surface area contributed by atoms with Crippen LogP contribution in [0.25, 0.3) is 5.57 Å². The quantitative estimate of drug-likeness (QED) is 0.922. The van der Waals surface area contributed by atoms with Gasteiger partial charge in [0.25, 0.3) is 0 Å². The molecule has 0 bridgehead atoms. The Morgan fingerprint density at radius 3 is 2.74 bits per heavy atom. The highest BCUT2D eigenvalue weighted by molar-refractivity contribution is 5.78. The van der Waals surface area contributed by atoms with Crippen molar-refractivity contribution in [3.63, 3.8) is 0 Å². The van der Waals surface area contributed by atoms with Crippen LogP contribution < -0.4 is 5.32 Å². The Balaban J connectivity index is 1.50. The predicted molar refractivity (Wildman–Crippen MR) is 90.7 cm³/mol. The minimum absolute atomic E-state index is 0.0328. The van der Waals surface area contributed by atoms with Gasteiger partial charge in [-0.1, -0.05) is 36.4 Å². The van der Waals surface area contributed by atoms with E-state index in [0.717, 1.165) is 25.3 Å². The smallest absolute Gasteiger partial charge is 0.234 e. The van der Waals surface area contributed by atoms with Gasteiger partial charge in [-0.2, -0.15) is 0 Å².